The lowest BCUT2D eigenvalue weighted by atomic mass is 9.99. The summed E-state index contributed by atoms with van der Waals surface area (Å²) in [5.74, 6) is 0.0590. The quantitative estimate of drug-likeness (QED) is 0.412. The Morgan fingerprint density at radius 2 is 2.00 bits per heavy atom. The van der Waals surface area contributed by atoms with E-state index in [1.807, 2.05) is 50.4 Å². The number of hydrogen-bond acceptors (Lipinski definition) is 7. The SMILES string of the molecule is CCCN(OCCNC(=O)OC(C)(C)C)C(=O)C1=Cc2ccc(-c3cnccc3C)cc2N=C(N)C1. The number of pyridine rings is 1. The first-order valence-electron chi connectivity index (χ1n) is 12.1. The van der Waals surface area contributed by atoms with Crippen LogP contribution in [0.15, 0.2) is 47.2 Å². The largest absolute Gasteiger partial charge is 0.444 e. The molecule has 1 aromatic carbocycles. The van der Waals surface area contributed by atoms with E-state index < -0.39 is 11.7 Å². The topological polar surface area (TPSA) is 119 Å². The number of carbonyl (C=O) groups is 2. The highest BCUT2D eigenvalue weighted by Gasteiger charge is 2.23. The van der Waals surface area contributed by atoms with Gasteiger partial charge in [0.25, 0.3) is 5.91 Å². The number of rotatable bonds is 8. The summed E-state index contributed by atoms with van der Waals surface area (Å²) < 4.78 is 5.21. The van der Waals surface area contributed by atoms with Crippen LogP contribution in [0.1, 0.15) is 51.7 Å². The molecule has 3 rings (SSSR count). The van der Waals surface area contributed by atoms with Gasteiger partial charge in [-0.1, -0.05) is 19.1 Å². The highest BCUT2D eigenvalue weighted by Crippen LogP contribution is 2.32. The summed E-state index contributed by atoms with van der Waals surface area (Å²) in [4.78, 5) is 39.7. The molecule has 0 spiro atoms. The number of nitrogens with zero attached hydrogens (tertiary/aromatic N) is 3. The number of alkyl carbamates (subject to hydrolysis) is 1. The minimum Gasteiger partial charge on any atom is -0.444 e. The Kier molecular flexibility index (Phi) is 8.82. The van der Waals surface area contributed by atoms with Gasteiger partial charge in [0.15, 0.2) is 0 Å². The van der Waals surface area contributed by atoms with Crippen molar-refractivity contribution < 1.29 is 19.2 Å². The molecule has 3 N–H and O–H groups in total. The molecule has 2 heterocycles. The number of nitrogens with one attached hydrogen (secondary N) is 1. The number of aryl methyl sites for hydroxylation is 1. The zero-order chi connectivity index (χ0) is 26.3. The van der Waals surface area contributed by atoms with Crippen LogP contribution in [-0.4, -0.2) is 53.2 Å². The van der Waals surface area contributed by atoms with Crippen molar-refractivity contribution in [1.29, 1.82) is 0 Å². The number of hydrogen-bond donors (Lipinski definition) is 2. The molecule has 0 fully saturated rings. The number of carbonyl (C=O) groups excluding carboxylic acids is 2. The molecule has 0 saturated heterocycles. The first-order chi connectivity index (χ1) is 17.1. The van der Waals surface area contributed by atoms with E-state index in [0.29, 0.717) is 30.1 Å². The van der Waals surface area contributed by atoms with E-state index in [-0.39, 0.29) is 25.5 Å². The van der Waals surface area contributed by atoms with Crippen molar-refractivity contribution in [2.75, 3.05) is 19.7 Å². The summed E-state index contributed by atoms with van der Waals surface area (Å²) >= 11 is 0. The number of aromatic nitrogens is 1. The van der Waals surface area contributed by atoms with Gasteiger partial charge in [0, 0.05) is 48.6 Å². The van der Waals surface area contributed by atoms with Crippen LogP contribution >= 0.6 is 0 Å². The molecule has 0 bridgehead atoms. The van der Waals surface area contributed by atoms with Crippen LogP contribution in [0.5, 0.6) is 0 Å². The van der Waals surface area contributed by atoms with Crippen molar-refractivity contribution in [3.63, 3.8) is 0 Å². The van der Waals surface area contributed by atoms with E-state index in [0.717, 1.165) is 22.3 Å². The van der Waals surface area contributed by atoms with E-state index >= 15 is 0 Å². The Balaban J connectivity index is 1.73. The second kappa shape index (κ2) is 11.8. The van der Waals surface area contributed by atoms with Crippen LogP contribution in [0.3, 0.4) is 0 Å². The molecule has 192 valence electrons. The van der Waals surface area contributed by atoms with Crippen molar-refractivity contribution >= 4 is 29.6 Å². The minimum atomic E-state index is -0.587. The van der Waals surface area contributed by atoms with Crippen LogP contribution < -0.4 is 11.1 Å². The minimum absolute atomic E-state index is 0.117. The number of hydroxylamine groups is 2. The second-order valence-electron chi connectivity index (χ2n) is 9.58. The fraction of sp³-hybridized carbons (Fsp3) is 0.407. The Hall–Kier alpha value is -3.72. The van der Waals surface area contributed by atoms with Gasteiger partial charge >= 0.3 is 6.09 Å². The van der Waals surface area contributed by atoms with Gasteiger partial charge in [-0.25, -0.2) is 14.9 Å². The van der Waals surface area contributed by atoms with Crippen molar-refractivity contribution in [2.45, 2.75) is 53.1 Å². The molecule has 1 aliphatic heterocycles. The van der Waals surface area contributed by atoms with Gasteiger partial charge in [-0.2, -0.15) is 0 Å². The Labute approximate surface area is 212 Å². The molecule has 0 saturated carbocycles. The number of ether oxygens (including phenoxy) is 1. The number of benzene rings is 1. The maximum Gasteiger partial charge on any atom is 0.407 e. The fourth-order valence-corrected chi connectivity index (χ4v) is 3.67. The average molecular weight is 494 g/mol. The van der Waals surface area contributed by atoms with Crippen molar-refractivity contribution in [3.05, 3.63) is 53.4 Å². The zero-order valence-electron chi connectivity index (χ0n) is 21.6. The molecular formula is C27H35N5O4. The Bertz CT molecular complexity index is 1170. The van der Waals surface area contributed by atoms with Crippen molar-refractivity contribution in [3.8, 4) is 11.1 Å². The normalized spacial score (nSPS) is 13.1. The smallest absolute Gasteiger partial charge is 0.407 e. The predicted molar refractivity (Wildman–Crippen MR) is 140 cm³/mol. The lowest BCUT2D eigenvalue weighted by molar-refractivity contribution is -0.181. The Morgan fingerprint density at radius 1 is 1.22 bits per heavy atom. The van der Waals surface area contributed by atoms with Gasteiger partial charge in [0.2, 0.25) is 0 Å². The summed E-state index contributed by atoms with van der Waals surface area (Å²) in [6.07, 6.45) is 5.76. The second-order valence-corrected chi connectivity index (χ2v) is 9.58. The number of amides is 2. The molecule has 0 aliphatic carbocycles. The van der Waals surface area contributed by atoms with E-state index in [1.54, 1.807) is 27.0 Å². The third kappa shape index (κ3) is 7.39. The molecule has 2 aromatic rings. The molecule has 36 heavy (non-hydrogen) atoms. The maximum absolute atomic E-state index is 13.3. The first-order valence-corrected chi connectivity index (χ1v) is 12.1. The van der Waals surface area contributed by atoms with Crippen LogP contribution in [0, 0.1) is 6.92 Å². The lowest BCUT2D eigenvalue weighted by Crippen LogP contribution is -2.38. The highest BCUT2D eigenvalue weighted by atomic mass is 16.7. The van der Waals surface area contributed by atoms with Crippen molar-refractivity contribution in [2.24, 2.45) is 10.7 Å². The maximum atomic E-state index is 13.3. The van der Waals surface area contributed by atoms with Gasteiger partial charge in [-0.05, 0) is 63.5 Å². The van der Waals surface area contributed by atoms with E-state index in [1.165, 1.54) is 5.06 Å². The summed E-state index contributed by atoms with van der Waals surface area (Å²) in [5.41, 5.74) is 10.7. The molecule has 9 heteroatoms. The summed E-state index contributed by atoms with van der Waals surface area (Å²) in [6.45, 7) is 10.1. The highest BCUT2D eigenvalue weighted by molar-refractivity contribution is 6.05. The average Bonchev–Trinajstić information content (AvgIpc) is 2.97. The molecule has 1 aliphatic rings. The van der Waals surface area contributed by atoms with Crippen LogP contribution in [-0.2, 0) is 14.4 Å². The monoisotopic (exact) mass is 493 g/mol. The van der Waals surface area contributed by atoms with Crippen molar-refractivity contribution in [1.82, 2.24) is 15.4 Å². The predicted octanol–water partition coefficient (Wildman–Crippen LogP) is 4.53. The third-order valence-electron chi connectivity index (χ3n) is 5.29. The van der Waals surface area contributed by atoms with E-state index in [2.05, 4.69) is 15.3 Å². The summed E-state index contributed by atoms with van der Waals surface area (Å²) in [6, 6.07) is 7.84. The van der Waals surface area contributed by atoms with Crippen LogP contribution in [0.25, 0.3) is 17.2 Å². The first kappa shape index (κ1) is 26.9. The van der Waals surface area contributed by atoms with Gasteiger partial charge in [-0.15, -0.1) is 0 Å². The van der Waals surface area contributed by atoms with E-state index in [9.17, 15) is 9.59 Å². The zero-order valence-corrected chi connectivity index (χ0v) is 21.6. The third-order valence-corrected chi connectivity index (χ3v) is 5.29. The molecule has 0 unspecified atom stereocenters. The van der Waals surface area contributed by atoms with Crippen LogP contribution in [0.2, 0.25) is 0 Å². The standard InChI is InChI=1S/C27H35N5O4/c1-6-12-32(35-13-11-30-26(34)36-27(3,4)5)25(33)21-14-20-8-7-19(15-23(20)31-24(28)16-21)22-17-29-10-9-18(22)2/h7-10,14-15,17H,6,11-13,16H2,1-5H3,(H2,28,31)(H,30,34). The summed E-state index contributed by atoms with van der Waals surface area (Å²) in [5, 5.41) is 3.94. The summed E-state index contributed by atoms with van der Waals surface area (Å²) in [7, 11) is 0. The molecule has 0 atom stereocenters. The molecule has 9 nitrogen and oxygen atoms in total. The number of amidine groups is 1. The Morgan fingerprint density at radius 3 is 2.69 bits per heavy atom. The fourth-order valence-electron chi connectivity index (χ4n) is 3.67. The molecule has 0 radical (unpaired) electrons. The number of aliphatic imine (C=N–C) groups is 1. The van der Waals surface area contributed by atoms with Gasteiger partial charge < -0.3 is 15.8 Å². The lowest BCUT2D eigenvalue weighted by Gasteiger charge is -2.23. The number of nitrogens with two attached hydrogens (primary N) is 1. The molecule has 1 aromatic heterocycles. The van der Waals surface area contributed by atoms with E-state index in [4.69, 9.17) is 15.3 Å². The van der Waals surface area contributed by atoms with Crippen LogP contribution in [0.4, 0.5) is 10.5 Å². The molecule has 2 amide bonds. The van der Waals surface area contributed by atoms with Gasteiger partial charge in [0.1, 0.15) is 11.4 Å². The number of fused-ring (bicyclic) bond motifs is 1. The molecular weight excluding hydrogens is 458 g/mol. The van der Waals surface area contributed by atoms with Gasteiger partial charge in [0.05, 0.1) is 12.3 Å². The van der Waals surface area contributed by atoms with Gasteiger partial charge in [-0.3, -0.25) is 14.6 Å².